The molecule has 0 amide bonds. The van der Waals surface area contributed by atoms with Crippen LogP contribution in [0.15, 0.2) is 24.3 Å². The molecule has 4 nitrogen and oxygen atoms in total. The predicted octanol–water partition coefficient (Wildman–Crippen LogP) is 2.73. The van der Waals surface area contributed by atoms with Crippen molar-refractivity contribution >= 4 is 5.97 Å². The number of rotatable bonds is 2. The van der Waals surface area contributed by atoms with Crippen molar-refractivity contribution in [3.63, 3.8) is 0 Å². The molecule has 0 N–H and O–H groups in total. The van der Waals surface area contributed by atoms with Crippen molar-refractivity contribution in [1.29, 1.82) is 0 Å². The maximum atomic E-state index is 14.0. The summed E-state index contributed by atoms with van der Waals surface area (Å²) in [6.45, 7) is 0. The topological polar surface area (TPSA) is 44.8 Å². The van der Waals surface area contributed by atoms with Gasteiger partial charge in [0.2, 0.25) is 0 Å². The van der Waals surface area contributed by atoms with E-state index in [2.05, 4.69) is 0 Å². The maximum Gasteiger partial charge on any atom is 0.338 e. The minimum atomic E-state index is -0.907. The molecule has 2 fully saturated rings. The summed E-state index contributed by atoms with van der Waals surface area (Å²) in [6.07, 6.45) is 1.77. The van der Waals surface area contributed by atoms with Crippen LogP contribution in [-0.4, -0.2) is 25.0 Å². The number of methoxy groups -OCH3 is 1. The van der Waals surface area contributed by atoms with Crippen LogP contribution in [0, 0.1) is 5.82 Å². The Hall–Kier alpha value is -1.46. The van der Waals surface area contributed by atoms with E-state index < -0.39 is 29.8 Å². The maximum absolute atomic E-state index is 14.0. The van der Waals surface area contributed by atoms with Gasteiger partial charge >= 0.3 is 5.97 Å². The van der Waals surface area contributed by atoms with E-state index in [1.807, 2.05) is 0 Å². The number of carbonyl (C=O) groups excluding carboxylic acids is 1. The summed E-state index contributed by atoms with van der Waals surface area (Å²) in [7, 11) is 1.30. The molecule has 1 aliphatic heterocycles. The molecule has 0 bridgehead atoms. The minimum absolute atomic E-state index is 0.340. The summed E-state index contributed by atoms with van der Waals surface area (Å²) in [5.41, 5.74) is 0.340. The molecular weight excluding hydrogens is 263 g/mol. The SMILES string of the molecule is COC(=O)C1OC2(CCCC2)OC1c1ccccc1F. The van der Waals surface area contributed by atoms with Crippen molar-refractivity contribution in [2.45, 2.75) is 43.7 Å². The van der Waals surface area contributed by atoms with Gasteiger partial charge in [0.25, 0.3) is 0 Å². The normalized spacial score (nSPS) is 27.9. The first kappa shape index (κ1) is 13.5. The summed E-state index contributed by atoms with van der Waals surface area (Å²) < 4.78 is 30.5. The Morgan fingerprint density at radius 3 is 2.65 bits per heavy atom. The third kappa shape index (κ3) is 2.21. The van der Waals surface area contributed by atoms with Crippen molar-refractivity contribution in [3.8, 4) is 0 Å². The summed E-state index contributed by atoms with van der Waals surface area (Å²) in [5.74, 6) is -1.68. The van der Waals surface area contributed by atoms with Crippen LogP contribution in [0.25, 0.3) is 0 Å². The lowest BCUT2D eigenvalue weighted by Crippen LogP contribution is -2.30. The van der Waals surface area contributed by atoms with Crippen LogP contribution in [0.1, 0.15) is 37.4 Å². The quantitative estimate of drug-likeness (QED) is 0.781. The molecule has 0 radical (unpaired) electrons. The van der Waals surface area contributed by atoms with Gasteiger partial charge in [-0.2, -0.15) is 0 Å². The lowest BCUT2D eigenvalue weighted by Gasteiger charge is -2.21. The monoisotopic (exact) mass is 280 g/mol. The van der Waals surface area contributed by atoms with E-state index >= 15 is 0 Å². The van der Waals surface area contributed by atoms with Gasteiger partial charge in [-0.05, 0) is 18.9 Å². The van der Waals surface area contributed by atoms with Crippen molar-refractivity contribution < 1.29 is 23.4 Å². The molecule has 1 aromatic rings. The number of carbonyl (C=O) groups is 1. The smallest absolute Gasteiger partial charge is 0.338 e. The van der Waals surface area contributed by atoms with Gasteiger partial charge in [0.1, 0.15) is 11.9 Å². The largest absolute Gasteiger partial charge is 0.467 e. The van der Waals surface area contributed by atoms with E-state index in [0.29, 0.717) is 5.56 Å². The molecule has 1 aliphatic carbocycles. The third-order valence-corrected chi connectivity index (χ3v) is 3.97. The molecule has 2 unspecified atom stereocenters. The van der Waals surface area contributed by atoms with E-state index in [4.69, 9.17) is 14.2 Å². The molecule has 1 aromatic carbocycles. The molecular formula is C15H17FO4. The van der Waals surface area contributed by atoms with Crippen molar-refractivity contribution in [1.82, 2.24) is 0 Å². The molecule has 5 heteroatoms. The Balaban J connectivity index is 1.94. The summed E-state index contributed by atoms with van der Waals surface area (Å²) in [5, 5.41) is 0. The fraction of sp³-hybridized carbons (Fsp3) is 0.533. The molecule has 1 spiro atoms. The number of hydrogen-bond donors (Lipinski definition) is 0. The first-order chi connectivity index (χ1) is 9.65. The standard InChI is InChI=1S/C15H17FO4/c1-18-14(17)13-12(10-6-2-3-7-11(10)16)19-15(20-13)8-4-5-9-15/h2-3,6-7,12-13H,4-5,8-9H2,1H3. The first-order valence-electron chi connectivity index (χ1n) is 6.83. The van der Waals surface area contributed by atoms with Crippen LogP contribution in [-0.2, 0) is 19.0 Å². The fourth-order valence-electron chi connectivity index (χ4n) is 2.98. The summed E-state index contributed by atoms with van der Waals surface area (Å²) in [6, 6.07) is 6.29. The van der Waals surface area contributed by atoms with Gasteiger partial charge in [0.15, 0.2) is 11.9 Å². The average molecular weight is 280 g/mol. The Morgan fingerprint density at radius 2 is 2.00 bits per heavy atom. The molecule has 0 aromatic heterocycles. The predicted molar refractivity (Wildman–Crippen MR) is 68.3 cm³/mol. The highest BCUT2D eigenvalue weighted by atomic mass is 19.1. The fourth-order valence-corrected chi connectivity index (χ4v) is 2.98. The average Bonchev–Trinajstić information content (AvgIpc) is 3.07. The molecule has 2 aliphatic rings. The van der Waals surface area contributed by atoms with Crippen molar-refractivity contribution in [3.05, 3.63) is 35.6 Å². The zero-order valence-corrected chi connectivity index (χ0v) is 11.3. The highest BCUT2D eigenvalue weighted by molar-refractivity contribution is 5.76. The highest BCUT2D eigenvalue weighted by Crippen LogP contribution is 2.47. The highest BCUT2D eigenvalue weighted by Gasteiger charge is 2.53. The zero-order valence-electron chi connectivity index (χ0n) is 11.3. The summed E-state index contributed by atoms with van der Waals surface area (Å²) >= 11 is 0. The second-order valence-electron chi connectivity index (χ2n) is 5.24. The number of esters is 1. The summed E-state index contributed by atoms with van der Waals surface area (Å²) in [4.78, 5) is 11.9. The molecule has 2 atom stereocenters. The molecule has 1 saturated heterocycles. The zero-order chi connectivity index (χ0) is 14.2. The molecule has 108 valence electrons. The minimum Gasteiger partial charge on any atom is -0.467 e. The second-order valence-corrected chi connectivity index (χ2v) is 5.24. The van der Waals surface area contributed by atoms with E-state index in [0.717, 1.165) is 25.7 Å². The number of halogens is 1. The van der Waals surface area contributed by atoms with Crippen molar-refractivity contribution in [2.24, 2.45) is 0 Å². The van der Waals surface area contributed by atoms with E-state index in [-0.39, 0.29) is 0 Å². The van der Waals surface area contributed by atoms with E-state index in [9.17, 15) is 9.18 Å². The molecule has 1 heterocycles. The van der Waals surface area contributed by atoms with Crippen LogP contribution in [0.3, 0.4) is 0 Å². The third-order valence-electron chi connectivity index (χ3n) is 3.97. The Morgan fingerprint density at radius 1 is 1.30 bits per heavy atom. The van der Waals surface area contributed by atoms with Crippen LogP contribution < -0.4 is 0 Å². The first-order valence-corrected chi connectivity index (χ1v) is 6.83. The Bertz CT molecular complexity index is 510. The van der Waals surface area contributed by atoms with Crippen molar-refractivity contribution in [2.75, 3.05) is 7.11 Å². The molecule has 3 rings (SSSR count). The van der Waals surface area contributed by atoms with Crippen LogP contribution in [0.5, 0.6) is 0 Å². The number of ether oxygens (including phenoxy) is 3. The number of hydrogen-bond acceptors (Lipinski definition) is 4. The lowest BCUT2D eigenvalue weighted by atomic mass is 10.0. The van der Waals surface area contributed by atoms with E-state index in [1.54, 1.807) is 18.2 Å². The van der Waals surface area contributed by atoms with Crippen LogP contribution in [0.2, 0.25) is 0 Å². The Kier molecular flexibility index (Phi) is 3.48. The van der Waals surface area contributed by atoms with Gasteiger partial charge in [-0.1, -0.05) is 18.2 Å². The molecule has 1 saturated carbocycles. The van der Waals surface area contributed by atoms with Crippen LogP contribution >= 0.6 is 0 Å². The van der Waals surface area contributed by atoms with Gasteiger partial charge < -0.3 is 14.2 Å². The second kappa shape index (κ2) is 5.14. The lowest BCUT2D eigenvalue weighted by molar-refractivity contribution is -0.180. The van der Waals surface area contributed by atoms with Gasteiger partial charge in [-0.15, -0.1) is 0 Å². The number of benzene rings is 1. The van der Waals surface area contributed by atoms with Gasteiger partial charge in [0.05, 0.1) is 7.11 Å². The van der Waals surface area contributed by atoms with Gasteiger partial charge in [-0.25, -0.2) is 9.18 Å². The Labute approximate surface area is 116 Å². The van der Waals surface area contributed by atoms with Gasteiger partial charge in [0, 0.05) is 18.4 Å². The molecule has 20 heavy (non-hydrogen) atoms. The van der Waals surface area contributed by atoms with E-state index in [1.165, 1.54) is 13.2 Å². The van der Waals surface area contributed by atoms with Crippen LogP contribution in [0.4, 0.5) is 4.39 Å². The van der Waals surface area contributed by atoms with Gasteiger partial charge in [-0.3, -0.25) is 0 Å².